The lowest BCUT2D eigenvalue weighted by atomic mass is 10.3. The fourth-order valence-electron chi connectivity index (χ4n) is 1.51. The van der Waals surface area contributed by atoms with Crippen LogP contribution in [0, 0.1) is 17.1 Å². The first kappa shape index (κ1) is 14.4. The molecule has 1 N–H and O–H groups in total. The van der Waals surface area contributed by atoms with Crippen LogP contribution in [0.15, 0.2) is 45.8 Å². The summed E-state index contributed by atoms with van der Waals surface area (Å²) >= 11 is 2.60. The summed E-state index contributed by atoms with van der Waals surface area (Å²) in [4.78, 5) is 0. The molecule has 6 nitrogen and oxygen atoms in total. The van der Waals surface area contributed by atoms with E-state index in [-0.39, 0.29) is 11.5 Å². The van der Waals surface area contributed by atoms with Gasteiger partial charge in [0.1, 0.15) is 16.9 Å². The van der Waals surface area contributed by atoms with Crippen LogP contribution in [0.1, 0.15) is 5.69 Å². The molecule has 0 aliphatic rings. The summed E-state index contributed by atoms with van der Waals surface area (Å²) in [6.45, 7) is 0. The number of aromatic nitrogens is 4. The molecule has 3 aromatic rings. The third-order valence-corrected chi connectivity index (χ3v) is 4.25. The predicted octanol–water partition coefficient (Wildman–Crippen LogP) is 3.23. The Hall–Kier alpha value is -2.57. The van der Waals surface area contributed by atoms with Crippen molar-refractivity contribution < 1.29 is 4.39 Å². The van der Waals surface area contributed by atoms with Crippen LogP contribution in [0.4, 0.5) is 15.2 Å². The molecule has 9 heteroatoms. The Morgan fingerprint density at radius 1 is 1.14 bits per heavy atom. The molecule has 1 aromatic carbocycles. The Kier molecular flexibility index (Phi) is 4.22. The maximum Gasteiger partial charge on any atom is 0.210 e. The molecule has 3 rings (SSSR count). The van der Waals surface area contributed by atoms with E-state index in [0.717, 1.165) is 0 Å². The number of hydrogen-bond donors (Lipinski definition) is 1. The van der Waals surface area contributed by atoms with Crippen LogP contribution in [-0.4, -0.2) is 20.4 Å². The number of rotatable bonds is 4. The minimum Gasteiger partial charge on any atom is -0.330 e. The molecule has 0 spiro atoms. The van der Waals surface area contributed by atoms with Gasteiger partial charge in [0.15, 0.2) is 10.0 Å². The molecule has 0 saturated heterocycles. The molecule has 0 aliphatic carbocycles. The van der Waals surface area contributed by atoms with Gasteiger partial charge >= 0.3 is 0 Å². The highest BCUT2D eigenvalue weighted by molar-refractivity contribution is 8.01. The van der Waals surface area contributed by atoms with Crippen molar-refractivity contribution >= 4 is 33.9 Å². The molecule has 0 bridgehead atoms. The van der Waals surface area contributed by atoms with Crippen LogP contribution in [0.5, 0.6) is 0 Å². The fourth-order valence-corrected chi connectivity index (χ4v) is 3.15. The van der Waals surface area contributed by atoms with Crippen molar-refractivity contribution in [2.75, 3.05) is 5.32 Å². The van der Waals surface area contributed by atoms with Gasteiger partial charge in [-0.25, -0.2) is 4.39 Å². The second-order valence-corrected chi connectivity index (χ2v) is 6.22. The van der Waals surface area contributed by atoms with Crippen LogP contribution in [0.3, 0.4) is 0 Å². The monoisotopic (exact) mass is 330 g/mol. The zero-order chi connectivity index (χ0) is 15.4. The van der Waals surface area contributed by atoms with Crippen molar-refractivity contribution in [3.05, 3.63) is 47.9 Å². The first-order chi connectivity index (χ1) is 10.7. The van der Waals surface area contributed by atoms with Crippen molar-refractivity contribution in [1.82, 2.24) is 20.4 Å². The Morgan fingerprint density at radius 3 is 2.77 bits per heavy atom. The van der Waals surface area contributed by atoms with E-state index in [9.17, 15) is 4.39 Å². The Morgan fingerprint density at radius 2 is 2.05 bits per heavy atom. The van der Waals surface area contributed by atoms with Crippen molar-refractivity contribution in [3.63, 3.8) is 0 Å². The molecular weight excluding hydrogens is 323 g/mol. The number of halogens is 1. The SMILES string of the molecule is N#Cc1ccc(Sc2nnc(Nc3cccc(F)c3)s2)nn1. The van der Waals surface area contributed by atoms with Crippen LogP contribution in [-0.2, 0) is 0 Å². The standard InChI is InChI=1S/C13H7FN6S2/c14-8-2-1-3-9(6-8)16-12-19-20-13(22-12)21-11-5-4-10(7-15)17-18-11/h1-6H,(H,16,19). The van der Waals surface area contributed by atoms with Gasteiger partial charge in [-0.2, -0.15) is 5.26 Å². The summed E-state index contributed by atoms with van der Waals surface area (Å²) in [6.07, 6.45) is 0. The largest absolute Gasteiger partial charge is 0.330 e. The van der Waals surface area contributed by atoms with E-state index in [4.69, 9.17) is 5.26 Å². The lowest BCUT2D eigenvalue weighted by Crippen LogP contribution is -1.89. The molecule has 2 heterocycles. The van der Waals surface area contributed by atoms with Crippen molar-refractivity contribution in [1.29, 1.82) is 5.26 Å². The highest BCUT2D eigenvalue weighted by atomic mass is 32.2. The number of nitrogens with zero attached hydrogens (tertiary/aromatic N) is 5. The second kappa shape index (κ2) is 6.46. The van der Waals surface area contributed by atoms with E-state index in [1.165, 1.54) is 35.2 Å². The molecule has 0 amide bonds. The van der Waals surface area contributed by atoms with E-state index in [2.05, 4.69) is 25.7 Å². The molecule has 2 aromatic heterocycles. The number of nitrogens with one attached hydrogen (secondary N) is 1. The average molecular weight is 330 g/mol. The summed E-state index contributed by atoms with van der Waals surface area (Å²) in [5, 5.41) is 28.5. The Balaban J connectivity index is 1.69. The highest BCUT2D eigenvalue weighted by Crippen LogP contribution is 2.31. The summed E-state index contributed by atoms with van der Waals surface area (Å²) in [6, 6.07) is 11.3. The first-order valence-electron chi connectivity index (χ1n) is 6.01. The molecule has 0 atom stereocenters. The molecular formula is C13H7FN6S2. The first-order valence-corrected chi connectivity index (χ1v) is 7.64. The topological polar surface area (TPSA) is 87.4 Å². The van der Waals surface area contributed by atoms with Gasteiger partial charge in [-0.1, -0.05) is 17.4 Å². The van der Waals surface area contributed by atoms with Gasteiger partial charge in [-0.05, 0) is 42.1 Å². The van der Waals surface area contributed by atoms with E-state index >= 15 is 0 Å². The van der Waals surface area contributed by atoms with Crippen LogP contribution in [0.25, 0.3) is 0 Å². The van der Waals surface area contributed by atoms with Gasteiger partial charge in [0.2, 0.25) is 5.13 Å². The summed E-state index contributed by atoms with van der Waals surface area (Å²) in [5.41, 5.74) is 0.862. The van der Waals surface area contributed by atoms with E-state index < -0.39 is 0 Å². The zero-order valence-corrected chi connectivity index (χ0v) is 12.5. The number of nitriles is 1. The molecule has 0 saturated carbocycles. The minimum atomic E-state index is -0.322. The van der Waals surface area contributed by atoms with Gasteiger partial charge in [0.25, 0.3) is 0 Å². The van der Waals surface area contributed by atoms with Crippen LogP contribution < -0.4 is 5.32 Å². The zero-order valence-electron chi connectivity index (χ0n) is 10.9. The third-order valence-electron chi connectivity index (χ3n) is 2.43. The van der Waals surface area contributed by atoms with Gasteiger partial charge in [0.05, 0.1) is 0 Å². The lowest BCUT2D eigenvalue weighted by molar-refractivity contribution is 0.628. The number of benzene rings is 1. The van der Waals surface area contributed by atoms with Gasteiger partial charge in [-0.15, -0.1) is 20.4 Å². The fraction of sp³-hybridized carbons (Fsp3) is 0. The molecule has 0 unspecified atom stereocenters. The maximum absolute atomic E-state index is 13.1. The van der Waals surface area contributed by atoms with Crippen LogP contribution in [0.2, 0.25) is 0 Å². The van der Waals surface area contributed by atoms with Crippen molar-refractivity contribution in [2.45, 2.75) is 9.37 Å². The molecule has 0 fully saturated rings. The average Bonchev–Trinajstić information content (AvgIpc) is 2.95. The molecule has 22 heavy (non-hydrogen) atoms. The maximum atomic E-state index is 13.1. The van der Waals surface area contributed by atoms with E-state index in [1.54, 1.807) is 24.3 Å². The normalized spacial score (nSPS) is 10.2. The predicted molar refractivity (Wildman–Crippen MR) is 80.5 cm³/mol. The summed E-state index contributed by atoms with van der Waals surface area (Å²) in [5.74, 6) is -0.322. The smallest absolute Gasteiger partial charge is 0.210 e. The molecule has 0 radical (unpaired) electrons. The Bertz CT molecular complexity index is 827. The van der Waals surface area contributed by atoms with E-state index in [0.29, 0.717) is 20.2 Å². The van der Waals surface area contributed by atoms with Gasteiger partial charge < -0.3 is 5.32 Å². The number of anilines is 2. The quantitative estimate of drug-likeness (QED) is 0.785. The third kappa shape index (κ3) is 3.55. The van der Waals surface area contributed by atoms with Crippen LogP contribution >= 0.6 is 23.1 Å². The van der Waals surface area contributed by atoms with Crippen molar-refractivity contribution in [3.8, 4) is 6.07 Å². The second-order valence-electron chi connectivity index (χ2n) is 3.98. The van der Waals surface area contributed by atoms with Gasteiger partial charge in [-0.3, -0.25) is 0 Å². The Labute approximate surface area is 133 Å². The molecule has 0 aliphatic heterocycles. The summed E-state index contributed by atoms with van der Waals surface area (Å²) in [7, 11) is 0. The highest BCUT2D eigenvalue weighted by Gasteiger charge is 2.08. The molecule has 108 valence electrons. The lowest BCUT2D eigenvalue weighted by Gasteiger charge is -2.00. The van der Waals surface area contributed by atoms with E-state index in [1.807, 2.05) is 6.07 Å². The van der Waals surface area contributed by atoms with Crippen molar-refractivity contribution in [2.24, 2.45) is 0 Å². The summed E-state index contributed by atoms with van der Waals surface area (Å²) < 4.78 is 13.8. The number of hydrogen-bond acceptors (Lipinski definition) is 8. The van der Waals surface area contributed by atoms with Gasteiger partial charge in [0, 0.05) is 5.69 Å². The minimum absolute atomic E-state index is 0.259.